The molecule has 3 rings (SSSR count). The van der Waals surface area contributed by atoms with Gasteiger partial charge in [-0.3, -0.25) is 0 Å². The number of rotatable bonds is 2. The van der Waals surface area contributed by atoms with Gasteiger partial charge in [0.05, 0.1) is 13.7 Å². The van der Waals surface area contributed by atoms with Crippen molar-refractivity contribution in [2.24, 2.45) is 0 Å². The van der Waals surface area contributed by atoms with Crippen molar-refractivity contribution in [1.82, 2.24) is 0 Å². The van der Waals surface area contributed by atoms with Gasteiger partial charge in [0, 0.05) is 5.41 Å². The van der Waals surface area contributed by atoms with E-state index in [1.807, 2.05) is 6.07 Å². The van der Waals surface area contributed by atoms with E-state index in [4.69, 9.17) is 4.74 Å². The number of benzene rings is 2. The van der Waals surface area contributed by atoms with Gasteiger partial charge in [0.2, 0.25) is 0 Å². The number of aliphatic hydroxyl groups excluding tert-OH is 1. The molecule has 0 aliphatic heterocycles. The zero-order valence-corrected chi connectivity index (χ0v) is 12.5. The average molecular weight is 270 g/mol. The second-order valence-electron chi connectivity index (χ2n) is 6.19. The molecule has 1 atom stereocenters. The summed E-state index contributed by atoms with van der Waals surface area (Å²) in [6.07, 6.45) is 3.34. The first-order valence-corrected chi connectivity index (χ1v) is 7.30. The molecule has 2 aromatic rings. The molecule has 1 aliphatic rings. The van der Waals surface area contributed by atoms with E-state index in [1.54, 1.807) is 7.11 Å². The maximum atomic E-state index is 9.82. The lowest BCUT2D eigenvalue weighted by atomic mass is 9.70. The summed E-state index contributed by atoms with van der Waals surface area (Å²) in [5.41, 5.74) is 4.01. The highest BCUT2D eigenvalue weighted by molar-refractivity contribution is 5.89. The highest BCUT2D eigenvalue weighted by atomic mass is 16.5. The van der Waals surface area contributed by atoms with Crippen LogP contribution in [-0.4, -0.2) is 18.8 Å². The number of hydrogen-bond acceptors (Lipinski definition) is 2. The third-order valence-electron chi connectivity index (χ3n) is 4.90. The van der Waals surface area contributed by atoms with E-state index < -0.39 is 0 Å². The molecule has 0 saturated heterocycles. The van der Waals surface area contributed by atoms with Crippen molar-refractivity contribution in [3.8, 4) is 5.75 Å². The summed E-state index contributed by atoms with van der Waals surface area (Å²) in [6.45, 7) is 4.60. The lowest BCUT2D eigenvalue weighted by Gasteiger charge is -2.36. The monoisotopic (exact) mass is 270 g/mol. The Hall–Kier alpha value is -1.54. The van der Waals surface area contributed by atoms with Gasteiger partial charge in [-0.05, 0) is 65.8 Å². The number of methoxy groups -OCH3 is 1. The first-order chi connectivity index (χ1) is 9.59. The summed E-state index contributed by atoms with van der Waals surface area (Å²) >= 11 is 0. The molecular formula is C18H22O2. The van der Waals surface area contributed by atoms with Crippen LogP contribution in [0.1, 0.15) is 36.5 Å². The zero-order chi connectivity index (χ0) is 14.3. The molecule has 2 nitrogen and oxygen atoms in total. The second-order valence-corrected chi connectivity index (χ2v) is 6.19. The fraction of sp³-hybridized carbons (Fsp3) is 0.444. The molecule has 20 heavy (non-hydrogen) atoms. The summed E-state index contributed by atoms with van der Waals surface area (Å²) in [4.78, 5) is 0. The third-order valence-corrected chi connectivity index (χ3v) is 4.90. The van der Waals surface area contributed by atoms with Crippen LogP contribution in [0.2, 0.25) is 0 Å². The molecule has 0 aromatic heterocycles. The average Bonchev–Trinajstić information content (AvgIpc) is 2.48. The van der Waals surface area contributed by atoms with Crippen LogP contribution in [0.4, 0.5) is 0 Å². The van der Waals surface area contributed by atoms with E-state index >= 15 is 0 Å². The molecule has 1 aliphatic carbocycles. The van der Waals surface area contributed by atoms with Crippen LogP contribution in [0.25, 0.3) is 10.8 Å². The molecule has 1 N–H and O–H groups in total. The number of fused-ring (bicyclic) bond motifs is 2. The van der Waals surface area contributed by atoms with Crippen LogP contribution in [-0.2, 0) is 11.8 Å². The Morgan fingerprint density at radius 3 is 2.80 bits per heavy atom. The Balaban J connectivity index is 2.30. The Morgan fingerprint density at radius 2 is 2.10 bits per heavy atom. The standard InChI is InChI=1S/C18H22O2/c1-12-15-5-4-8-18(2,11-19)17(15)9-13-6-7-14(20-3)10-16(12)13/h6-7,9-10,19H,4-5,8,11H2,1-3H3/t18-/m0/s1. The van der Waals surface area contributed by atoms with Gasteiger partial charge in [0.25, 0.3) is 0 Å². The smallest absolute Gasteiger partial charge is 0.119 e. The molecular weight excluding hydrogens is 248 g/mol. The lowest BCUT2D eigenvalue weighted by Crippen LogP contribution is -2.31. The van der Waals surface area contributed by atoms with E-state index in [1.165, 1.54) is 27.5 Å². The Bertz CT molecular complexity index is 660. The van der Waals surface area contributed by atoms with Crippen molar-refractivity contribution in [3.63, 3.8) is 0 Å². The number of hydrogen-bond donors (Lipinski definition) is 1. The van der Waals surface area contributed by atoms with Crippen molar-refractivity contribution >= 4 is 10.8 Å². The first-order valence-electron chi connectivity index (χ1n) is 7.30. The van der Waals surface area contributed by atoms with Crippen LogP contribution in [0.5, 0.6) is 5.75 Å². The van der Waals surface area contributed by atoms with Gasteiger partial charge in [0.15, 0.2) is 0 Å². The molecule has 0 radical (unpaired) electrons. The summed E-state index contributed by atoms with van der Waals surface area (Å²) in [7, 11) is 1.71. The van der Waals surface area contributed by atoms with Gasteiger partial charge in [-0.2, -0.15) is 0 Å². The third kappa shape index (κ3) is 1.90. The Morgan fingerprint density at radius 1 is 1.30 bits per heavy atom. The Kier molecular flexibility index (Phi) is 3.21. The normalized spacial score (nSPS) is 21.8. The molecule has 106 valence electrons. The SMILES string of the molecule is COc1ccc2cc3c(c(C)c2c1)CCC[C@@]3(C)CO. The lowest BCUT2D eigenvalue weighted by molar-refractivity contribution is 0.188. The van der Waals surface area contributed by atoms with E-state index in [9.17, 15) is 5.11 Å². The van der Waals surface area contributed by atoms with Crippen LogP contribution in [0.15, 0.2) is 24.3 Å². The van der Waals surface area contributed by atoms with Crippen molar-refractivity contribution in [2.45, 2.75) is 38.5 Å². The van der Waals surface area contributed by atoms with Gasteiger partial charge in [-0.15, -0.1) is 0 Å². The largest absolute Gasteiger partial charge is 0.497 e. The van der Waals surface area contributed by atoms with Crippen LogP contribution in [0, 0.1) is 6.92 Å². The fourth-order valence-corrected chi connectivity index (χ4v) is 3.54. The second kappa shape index (κ2) is 4.78. The van der Waals surface area contributed by atoms with Crippen molar-refractivity contribution < 1.29 is 9.84 Å². The van der Waals surface area contributed by atoms with E-state index in [0.717, 1.165) is 25.0 Å². The van der Waals surface area contributed by atoms with Crippen LogP contribution >= 0.6 is 0 Å². The highest BCUT2D eigenvalue weighted by Gasteiger charge is 2.32. The predicted octanol–water partition coefficient (Wildman–Crippen LogP) is 3.74. The van der Waals surface area contributed by atoms with Crippen molar-refractivity contribution in [2.75, 3.05) is 13.7 Å². The number of aliphatic hydroxyl groups is 1. The summed E-state index contributed by atoms with van der Waals surface area (Å²) in [5.74, 6) is 0.904. The van der Waals surface area contributed by atoms with Crippen LogP contribution < -0.4 is 4.74 Å². The molecule has 0 amide bonds. The maximum Gasteiger partial charge on any atom is 0.119 e. The maximum absolute atomic E-state index is 9.82. The molecule has 0 spiro atoms. The summed E-state index contributed by atoms with van der Waals surface area (Å²) < 4.78 is 5.34. The van der Waals surface area contributed by atoms with Gasteiger partial charge in [0.1, 0.15) is 5.75 Å². The minimum absolute atomic E-state index is 0.0908. The van der Waals surface area contributed by atoms with Gasteiger partial charge >= 0.3 is 0 Å². The van der Waals surface area contributed by atoms with Crippen molar-refractivity contribution in [1.29, 1.82) is 0 Å². The predicted molar refractivity (Wildman–Crippen MR) is 82.6 cm³/mol. The van der Waals surface area contributed by atoms with E-state index in [-0.39, 0.29) is 12.0 Å². The molecule has 2 aromatic carbocycles. The zero-order valence-electron chi connectivity index (χ0n) is 12.5. The molecule has 0 bridgehead atoms. The number of ether oxygens (including phenoxy) is 1. The minimum Gasteiger partial charge on any atom is -0.497 e. The van der Waals surface area contributed by atoms with Gasteiger partial charge in [-0.25, -0.2) is 0 Å². The summed E-state index contributed by atoms with van der Waals surface area (Å²) in [5, 5.41) is 12.3. The molecule has 0 fully saturated rings. The van der Waals surface area contributed by atoms with Crippen LogP contribution in [0.3, 0.4) is 0 Å². The minimum atomic E-state index is -0.0908. The van der Waals surface area contributed by atoms with Gasteiger partial charge < -0.3 is 9.84 Å². The van der Waals surface area contributed by atoms with Gasteiger partial charge in [-0.1, -0.05) is 19.1 Å². The van der Waals surface area contributed by atoms with E-state index in [0.29, 0.717) is 0 Å². The highest BCUT2D eigenvalue weighted by Crippen LogP contribution is 2.41. The molecule has 0 unspecified atom stereocenters. The number of aryl methyl sites for hydroxylation is 1. The molecule has 0 saturated carbocycles. The summed E-state index contributed by atoms with van der Waals surface area (Å²) in [6, 6.07) is 8.52. The molecule has 2 heteroatoms. The van der Waals surface area contributed by atoms with E-state index in [2.05, 4.69) is 32.0 Å². The molecule has 0 heterocycles. The topological polar surface area (TPSA) is 29.5 Å². The fourth-order valence-electron chi connectivity index (χ4n) is 3.54. The quantitative estimate of drug-likeness (QED) is 0.900. The first kappa shape index (κ1) is 13.4. The van der Waals surface area contributed by atoms with Crippen molar-refractivity contribution in [3.05, 3.63) is 41.0 Å². The Labute approximate surface area is 120 Å².